The molecule has 1 heterocycles. The number of nitrogens with zero attached hydrogens (tertiary/aromatic N) is 2. The van der Waals surface area contributed by atoms with Crippen LogP contribution >= 0.6 is 0 Å². The second-order valence-electron chi connectivity index (χ2n) is 9.66. The SMILES string of the molecule is CCCCCCCCCCCCOc1ccc(-[n+]2ccccc2)cc1/C=[N+](/[O-])C(C)(C)C. The fraction of sp³-hybridized carbons (Fsp3) is 0.571. The van der Waals surface area contributed by atoms with Gasteiger partial charge in [0.15, 0.2) is 24.1 Å². The predicted molar refractivity (Wildman–Crippen MR) is 134 cm³/mol. The summed E-state index contributed by atoms with van der Waals surface area (Å²) in [5, 5.41) is 12.6. The Balaban J connectivity index is 1.90. The predicted octanol–water partition coefficient (Wildman–Crippen LogP) is 6.99. The lowest BCUT2D eigenvalue weighted by Crippen LogP contribution is -2.30. The lowest BCUT2D eigenvalue weighted by molar-refractivity contribution is -0.595. The summed E-state index contributed by atoms with van der Waals surface area (Å²) in [6.07, 6.45) is 18.7. The Morgan fingerprint density at radius 3 is 2.06 bits per heavy atom. The van der Waals surface area contributed by atoms with Crippen LogP contribution in [-0.4, -0.2) is 23.1 Å². The molecule has 0 atom stereocenters. The summed E-state index contributed by atoms with van der Waals surface area (Å²) in [7, 11) is 0. The van der Waals surface area contributed by atoms with Crippen LogP contribution in [0.15, 0.2) is 48.8 Å². The van der Waals surface area contributed by atoms with Gasteiger partial charge in [-0.05, 0) is 12.5 Å². The van der Waals surface area contributed by atoms with E-state index < -0.39 is 5.54 Å². The van der Waals surface area contributed by atoms with Gasteiger partial charge < -0.3 is 9.94 Å². The third kappa shape index (κ3) is 9.42. The molecule has 0 spiro atoms. The standard InChI is InChI=1S/C28H43N2O2/c1-5-6-7-8-9-10-11-12-13-17-22-32-27-19-18-26(29-20-15-14-16-21-29)23-25(27)24-30(31)28(2,3)4/h14-16,18-21,23-24H,5-13,17,22H2,1-4H3/q+1/b30-24+. The Bertz CT molecular complexity index is 810. The van der Waals surface area contributed by atoms with Crippen molar-refractivity contribution in [3.63, 3.8) is 0 Å². The third-order valence-electron chi connectivity index (χ3n) is 5.68. The second kappa shape index (κ2) is 13.9. The zero-order valence-electron chi connectivity index (χ0n) is 20.7. The molecule has 0 saturated carbocycles. The van der Waals surface area contributed by atoms with Crippen molar-refractivity contribution >= 4 is 6.21 Å². The van der Waals surface area contributed by atoms with E-state index in [2.05, 4.69) is 6.92 Å². The summed E-state index contributed by atoms with van der Waals surface area (Å²) in [6, 6.07) is 12.0. The molecule has 4 nitrogen and oxygen atoms in total. The lowest BCUT2D eigenvalue weighted by atomic mass is 10.1. The van der Waals surface area contributed by atoms with Gasteiger partial charge in [-0.2, -0.15) is 4.57 Å². The molecule has 0 unspecified atom stereocenters. The van der Waals surface area contributed by atoms with E-state index >= 15 is 0 Å². The molecule has 1 aromatic heterocycles. The van der Waals surface area contributed by atoms with Gasteiger partial charge in [0.05, 0.1) is 12.2 Å². The van der Waals surface area contributed by atoms with Crippen LogP contribution in [0.5, 0.6) is 5.75 Å². The van der Waals surface area contributed by atoms with Gasteiger partial charge in [0.25, 0.3) is 0 Å². The average Bonchev–Trinajstić information content (AvgIpc) is 2.78. The van der Waals surface area contributed by atoms with Gasteiger partial charge in [-0.25, -0.2) is 4.74 Å². The fourth-order valence-corrected chi connectivity index (χ4v) is 3.59. The maximum atomic E-state index is 12.6. The quantitative estimate of drug-likeness (QED) is 0.105. The molecule has 0 aliphatic heterocycles. The van der Waals surface area contributed by atoms with Crippen molar-refractivity contribution in [3.8, 4) is 11.4 Å². The van der Waals surface area contributed by atoms with Gasteiger partial charge in [0, 0.05) is 45.0 Å². The average molecular weight is 440 g/mol. The molecular weight excluding hydrogens is 396 g/mol. The van der Waals surface area contributed by atoms with Crippen LogP contribution in [0.1, 0.15) is 97.5 Å². The molecule has 1 aromatic carbocycles. The van der Waals surface area contributed by atoms with E-state index in [1.807, 2.05) is 74.1 Å². The highest BCUT2D eigenvalue weighted by atomic mass is 16.5. The van der Waals surface area contributed by atoms with Crippen molar-refractivity contribution in [2.45, 2.75) is 97.4 Å². The molecule has 32 heavy (non-hydrogen) atoms. The van der Waals surface area contributed by atoms with Crippen molar-refractivity contribution in [1.29, 1.82) is 0 Å². The van der Waals surface area contributed by atoms with Gasteiger partial charge in [-0.3, -0.25) is 0 Å². The number of benzene rings is 1. The fourth-order valence-electron chi connectivity index (χ4n) is 3.59. The minimum atomic E-state index is -0.496. The Morgan fingerprint density at radius 2 is 1.47 bits per heavy atom. The molecule has 0 fully saturated rings. The van der Waals surface area contributed by atoms with Crippen molar-refractivity contribution in [1.82, 2.24) is 0 Å². The Hall–Kier alpha value is -2.36. The molecule has 176 valence electrons. The van der Waals surface area contributed by atoms with Gasteiger partial charge in [-0.15, -0.1) is 0 Å². The Morgan fingerprint density at radius 1 is 0.875 bits per heavy atom. The number of hydrogen-bond acceptors (Lipinski definition) is 2. The first-order valence-corrected chi connectivity index (χ1v) is 12.5. The highest BCUT2D eigenvalue weighted by molar-refractivity contribution is 5.81. The molecule has 0 aliphatic carbocycles. The number of hydroxylamine groups is 1. The molecule has 0 N–H and O–H groups in total. The summed E-state index contributed by atoms with van der Waals surface area (Å²) < 4.78 is 9.15. The van der Waals surface area contributed by atoms with Crippen LogP contribution in [0.3, 0.4) is 0 Å². The van der Waals surface area contributed by atoms with Crippen LogP contribution in [0, 0.1) is 5.21 Å². The maximum absolute atomic E-state index is 12.6. The summed E-state index contributed by atoms with van der Waals surface area (Å²) in [5.41, 5.74) is 1.32. The minimum absolute atomic E-state index is 0.496. The lowest BCUT2D eigenvalue weighted by Gasteiger charge is -2.19. The number of pyridine rings is 1. The highest BCUT2D eigenvalue weighted by Crippen LogP contribution is 2.21. The van der Waals surface area contributed by atoms with Gasteiger partial charge >= 0.3 is 0 Å². The summed E-state index contributed by atoms with van der Waals surface area (Å²) in [6.45, 7) is 8.69. The monoisotopic (exact) mass is 439 g/mol. The number of hydrogen-bond donors (Lipinski definition) is 0. The zero-order valence-corrected chi connectivity index (χ0v) is 20.7. The smallest absolute Gasteiger partial charge is 0.211 e. The topological polar surface area (TPSA) is 39.2 Å². The molecule has 0 aliphatic rings. The summed E-state index contributed by atoms with van der Waals surface area (Å²) >= 11 is 0. The molecule has 4 heteroatoms. The molecule has 2 rings (SSSR count). The number of aromatic nitrogens is 1. The zero-order chi connectivity index (χ0) is 23.2. The second-order valence-corrected chi connectivity index (χ2v) is 9.66. The van der Waals surface area contributed by atoms with E-state index in [-0.39, 0.29) is 0 Å². The first kappa shape index (κ1) is 25.9. The first-order chi connectivity index (χ1) is 15.4. The minimum Gasteiger partial charge on any atom is -0.623 e. The Kier molecular flexibility index (Phi) is 11.3. The largest absolute Gasteiger partial charge is 0.623 e. The maximum Gasteiger partial charge on any atom is 0.211 e. The molecule has 0 radical (unpaired) electrons. The molecule has 0 amide bonds. The van der Waals surface area contributed by atoms with E-state index in [9.17, 15) is 5.21 Å². The van der Waals surface area contributed by atoms with Crippen molar-refractivity contribution in [2.75, 3.05) is 6.61 Å². The normalized spacial score (nSPS) is 12.2. The van der Waals surface area contributed by atoms with Gasteiger partial charge in [0.2, 0.25) is 5.69 Å². The first-order valence-electron chi connectivity index (χ1n) is 12.5. The molecule has 0 saturated heterocycles. The van der Waals surface area contributed by atoms with Crippen LogP contribution in [0.25, 0.3) is 5.69 Å². The number of unbranched alkanes of at least 4 members (excludes halogenated alkanes) is 9. The van der Waals surface area contributed by atoms with Crippen LogP contribution in [0.2, 0.25) is 0 Å². The van der Waals surface area contributed by atoms with Crippen LogP contribution in [0.4, 0.5) is 0 Å². The molecule has 2 aromatic rings. The van der Waals surface area contributed by atoms with Crippen LogP contribution < -0.4 is 9.30 Å². The Labute approximate surface area is 195 Å². The van der Waals surface area contributed by atoms with E-state index in [4.69, 9.17) is 4.74 Å². The van der Waals surface area contributed by atoms with Gasteiger partial charge in [0.1, 0.15) is 5.75 Å². The van der Waals surface area contributed by atoms with E-state index in [1.54, 1.807) is 6.21 Å². The summed E-state index contributed by atoms with van der Waals surface area (Å²) in [4.78, 5) is 0. The number of ether oxygens (including phenoxy) is 1. The van der Waals surface area contributed by atoms with E-state index in [0.717, 1.165) is 28.2 Å². The van der Waals surface area contributed by atoms with E-state index in [0.29, 0.717) is 6.61 Å². The van der Waals surface area contributed by atoms with E-state index in [1.165, 1.54) is 57.8 Å². The van der Waals surface area contributed by atoms with Crippen molar-refractivity contribution < 1.29 is 14.0 Å². The summed E-state index contributed by atoms with van der Waals surface area (Å²) in [5.74, 6) is 0.770. The third-order valence-corrected chi connectivity index (χ3v) is 5.68. The van der Waals surface area contributed by atoms with Gasteiger partial charge in [-0.1, -0.05) is 70.8 Å². The number of rotatable bonds is 14. The van der Waals surface area contributed by atoms with Crippen molar-refractivity contribution in [2.24, 2.45) is 0 Å². The van der Waals surface area contributed by atoms with Crippen LogP contribution in [-0.2, 0) is 0 Å². The molecule has 0 bridgehead atoms. The molecular formula is C28H43N2O2+. The van der Waals surface area contributed by atoms with Crippen molar-refractivity contribution in [3.05, 3.63) is 59.6 Å². The highest BCUT2D eigenvalue weighted by Gasteiger charge is 2.20.